The van der Waals surface area contributed by atoms with Crippen LogP contribution in [0.3, 0.4) is 0 Å². The van der Waals surface area contributed by atoms with Gasteiger partial charge < -0.3 is 5.32 Å². The van der Waals surface area contributed by atoms with Gasteiger partial charge in [-0.3, -0.25) is 0 Å². The lowest BCUT2D eigenvalue weighted by molar-refractivity contribution is -0.137. The highest BCUT2D eigenvalue weighted by Crippen LogP contribution is 2.30. The third-order valence-electron chi connectivity index (χ3n) is 2.42. The fourth-order valence-electron chi connectivity index (χ4n) is 1.48. The minimum atomic E-state index is -4.36. The van der Waals surface area contributed by atoms with E-state index in [0.29, 0.717) is 11.4 Å². The summed E-state index contributed by atoms with van der Waals surface area (Å²) < 4.78 is 37.3. The van der Waals surface area contributed by atoms with E-state index in [4.69, 9.17) is 11.6 Å². The van der Waals surface area contributed by atoms with Crippen LogP contribution in [0.15, 0.2) is 30.3 Å². The van der Waals surface area contributed by atoms with Crippen molar-refractivity contribution in [3.05, 3.63) is 41.0 Å². The van der Waals surface area contributed by atoms with E-state index in [1.165, 1.54) is 18.2 Å². The predicted molar refractivity (Wildman–Crippen MR) is 67.0 cm³/mol. The highest BCUT2D eigenvalue weighted by molar-refractivity contribution is 6.29. The van der Waals surface area contributed by atoms with E-state index in [-0.39, 0.29) is 11.0 Å². The molecule has 1 N–H and O–H groups in total. The molecule has 1 heterocycles. The van der Waals surface area contributed by atoms with Gasteiger partial charge in [0.05, 0.1) is 5.56 Å². The second kappa shape index (κ2) is 5.05. The van der Waals surface area contributed by atoms with Crippen LogP contribution in [0.5, 0.6) is 0 Å². The summed E-state index contributed by atoms with van der Waals surface area (Å²) in [6.45, 7) is 0. The number of aromatic nitrogens is 2. The Balaban J connectivity index is 2.40. The van der Waals surface area contributed by atoms with Crippen LogP contribution in [0.1, 0.15) is 5.56 Å². The maximum Gasteiger partial charge on any atom is 0.416 e. The summed E-state index contributed by atoms with van der Waals surface area (Å²) in [5.41, 5.74) is -0.251. The molecule has 0 bridgehead atoms. The molecule has 7 heteroatoms. The molecule has 0 radical (unpaired) electrons. The molecule has 2 rings (SSSR count). The van der Waals surface area contributed by atoms with E-state index in [1.807, 2.05) is 0 Å². The molecule has 0 aliphatic carbocycles. The van der Waals surface area contributed by atoms with Crippen molar-refractivity contribution in [2.45, 2.75) is 6.18 Å². The van der Waals surface area contributed by atoms with Gasteiger partial charge in [0.1, 0.15) is 11.0 Å². The molecule has 0 saturated heterocycles. The molecular weight excluding hydrogens is 279 g/mol. The fraction of sp³-hybridized carbons (Fsp3) is 0.167. The minimum absolute atomic E-state index is 0.217. The Labute approximate surface area is 112 Å². The van der Waals surface area contributed by atoms with Crippen molar-refractivity contribution in [2.24, 2.45) is 0 Å². The molecule has 1 aromatic heterocycles. The van der Waals surface area contributed by atoms with Crippen LogP contribution in [0.25, 0.3) is 11.4 Å². The van der Waals surface area contributed by atoms with E-state index in [0.717, 1.165) is 12.1 Å². The smallest absolute Gasteiger partial charge is 0.373 e. The van der Waals surface area contributed by atoms with Crippen LogP contribution in [-0.2, 0) is 6.18 Å². The number of hydrogen-bond acceptors (Lipinski definition) is 3. The zero-order valence-corrected chi connectivity index (χ0v) is 10.5. The van der Waals surface area contributed by atoms with E-state index in [9.17, 15) is 13.2 Å². The Morgan fingerprint density at radius 2 is 1.74 bits per heavy atom. The SMILES string of the molecule is CNc1cc(Cl)nc(-c2ccc(C(F)(F)F)cc2)n1. The van der Waals surface area contributed by atoms with Crippen LogP contribution in [-0.4, -0.2) is 17.0 Å². The monoisotopic (exact) mass is 287 g/mol. The topological polar surface area (TPSA) is 37.8 Å². The van der Waals surface area contributed by atoms with Crippen molar-refractivity contribution >= 4 is 17.4 Å². The lowest BCUT2D eigenvalue weighted by Gasteiger charge is -2.08. The first-order chi connectivity index (χ1) is 8.90. The number of hydrogen-bond donors (Lipinski definition) is 1. The molecular formula is C12H9ClF3N3. The average molecular weight is 288 g/mol. The van der Waals surface area contributed by atoms with Gasteiger partial charge in [0.2, 0.25) is 0 Å². The Hall–Kier alpha value is -1.82. The van der Waals surface area contributed by atoms with Crippen molar-refractivity contribution in [3.8, 4) is 11.4 Å². The lowest BCUT2D eigenvalue weighted by atomic mass is 10.1. The van der Waals surface area contributed by atoms with Crippen LogP contribution >= 0.6 is 11.6 Å². The summed E-state index contributed by atoms with van der Waals surface area (Å²) in [5.74, 6) is 0.764. The zero-order chi connectivity index (χ0) is 14.0. The van der Waals surface area contributed by atoms with Crippen LogP contribution in [0.4, 0.5) is 19.0 Å². The third-order valence-corrected chi connectivity index (χ3v) is 2.62. The third kappa shape index (κ3) is 3.14. The summed E-state index contributed by atoms with van der Waals surface area (Å²) in [6, 6.07) is 6.12. The van der Waals surface area contributed by atoms with Gasteiger partial charge in [-0.2, -0.15) is 13.2 Å². The maximum atomic E-state index is 12.4. The molecule has 0 atom stereocenters. The normalized spacial score (nSPS) is 11.4. The van der Waals surface area contributed by atoms with Gasteiger partial charge in [-0.25, -0.2) is 9.97 Å². The minimum Gasteiger partial charge on any atom is -0.373 e. The molecule has 0 aliphatic heterocycles. The van der Waals surface area contributed by atoms with Crippen molar-refractivity contribution in [1.82, 2.24) is 9.97 Å². The predicted octanol–water partition coefficient (Wildman–Crippen LogP) is 3.86. The summed E-state index contributed by atoms with van der Waals surface area (Å²) >= 11 is 5.81. The number of nitrogens with zero attached hydrogens (tertiary/aromatic N) is 2. The quantitative estimate of drug-likeness (QED) is 0.852. The fourth-order valence-corrected chi connectivity index (χ4v) is 1.67. The van der Waals surface area contributed by atoms with Crippen molar-refractivity contribution in [1.29, 1.82) is 0 Å². The largest absolute Gasteiger partial charge is 0.416 e. The van der Waals surface area contributed by atoms with Crippen molar-refractivity contribution in [3.63, 3.8) is 0 Å². The number of anilines is 1. The van der Waals surface area contributed by atoms with Gasteiger partial charge in [-0.15, -0.1) is 0 Å². The Kier molecular flexibility index (Phi) is 3.61. The molecule has 0 aliphatic rings. The first-order valence-electron chi connectivity index (χ1n) is 5.30. The second-order valence-electron chi connectivity index (χ2n) is 3.72. The number of nitrogens with one attached hydrogen (secondary N) is 1. The van der Waals surface area contributed by atoms with E-state index < -0.39 is 11.7 Å². The van der Waals surface area contributed by atoms with Gasteiger partial charge >= 0.3 is 6.18 Å². The summed E-state index contributed by atoms with van der Waals surface area (Å²) in [6.07, 6.45) is -4.36. The standard InChI is InChI=1S/C12H9ClF3N3/c1-17-10-6-9(13)18-11(19-10)7-2-4-8(5-3-7)12(14,15)16/h2-6H,1H3,(H,17,18,19). The molecule has 100 valence electrons. The first-order valence-corrected chi connectivity index (χ1v) is 5.68. The molecule has 0 unspecified atom stereocenters. The van der Waals surface area contributed by atoms with Gasteiger partial charge in [0, 0.05) is 18.7 Å². The number of alkyl halides is 3. The average Bonchev–Trinajstić information content (AvgIpc) is 2.37. The Bertz CT molecular complexity index is 582. The van der Waals surface area contributed by atoms with Crippen molar-refractivity contribution in [2.75, 3.05) is 12.4 Å². The zero-order valence-electron chi connectivity index (χ0n) is 9.79. The van der Waals surface area contributed by atoms with E-state index in [1.54, 1.807) is 7.05 Å². The highest BCUT2D eigenvalue weighted by Gasteiger charge is 2.30. The number of benzene rings is 1. The van der Waals surface area contributed by atoms with Gasteiger partial charge in [0.15, 0.2) is 5.82 Å². The molecule has 0 amide bonds. The van der Waals surface area contributed by atoms with Crippen LogP contribution in [0, 0.1) is 0 Å². The summed E-state index contributed by atoms with van der Waals surface area (Å²) in [4.78, 5) is 8.10. The Morgan fingerprint density at radius 3 is 2.26 bits per heavy atom. The molecule has 3 nitrogen and oxygen atoms in total. The summed E-state index contributed by atoms with van der Waals surface area (Å²) in [7, 11) is 1.66. The van der Waals surface area contributed by atoms with Crippen LogP contribution < -0.4 is 5.32 Å². The first kappa shape index (κ1) is 13.6. The Morgan fingerprint density at radius 1 is 1.11 bits per heavy atom. The lowest BCUT2D eigenvalue weighted by Crippen LogP contribution is -2.04. The maximum absolute atomic E-state index is 12.4. The molecule has 0 spiro atoms. The van der Waals surface area contributed by atoms with Crippen LogP contribution in [0.2, 0.25) is 5.15 Å². The number of halogens is 4. The summed E-state index contributed by atoms with van der Waals surface area (Å²) in [5, 5.41) is 3.01. The van der Waals surface area contributed by atoms with Gasteiger partial charge in [0.25, 0.3) is 0 Å². The van der Waals surface area contributed by atoms with Gasteiger partial charge in [-0.1, -0.05) is 23.7 Å². The van der Waals surface area contributed by atoms with E-state index in [2.05, 4.69) is 15.3 Å². The molecule has 1 aromatic carbocycles. The van der Waals surface area contributed by atoms with Crippen molar-refractivity contribution < 1.29 is 13.2 Å². The molecule has 0 saturated carbocycles. The molecule has 2 aromatic rings. The second-order valence-corrected chi connectivity index (χ2v) is 4.11. The number of rotatable bonds is 2. The van der Waals surface area contributed by atoms with E-state index >= 15 is 0 Å². The highest BCUT2D eigenvalue weighted by atomic mass is 35.5. The van der Waals surface area contributed by atoms with Gasteiger partial charge in [-0.05, 0) is 12.1 Å². The molecule has 19 heavy (non-hydrogen) atoms. The molecule has 0 fully saturated rings.